The van der Waals surface area contributed by atoms with E-state index in [1.165, 1.54) is 6.26 Å². The number of hydrogen-bond acceptors (Lipinski definition) is 8. The third kappa shape index (κ3) is 6.96. The minimum atomic E-state index is -3.92. The van der Waals surface area contributed by atoms with E-state index in [9.17, 15) is 4.57 Å². The van der Waals surface area contributed by atoms with Gasteiger partial charge in [-0.3, -0.25) is 13.6 Å². The minimum Gasteiger partial charge on any atom is -0.462 e. The van der Waals surface area contributed by atoms with E-state index in [4.69, 9.17) is 42.9 Å². The van der Waals surface area contributed by atoms with Gasteiger partial charge < -0.3 is 4.42 Å². The Morgan fingerprint density at radius 2 is 1.49 bits per heavy atom. The van der Waals surface area contributed by atoms with Gasteiger partial charge in [-0.05, 0) is 36.5 Å². The maximum Gasteiger partial charge on any atom is 0.366 e. The molecule has 0 aliphatic carbocycles. The SMILES string of the molecule is Cc1nc(-c2occc2P(=O)(OCC(=S)c2ccccc2)OCC(=S)c2ccccc2)c(CC(C)C)s1. The van der Waals surface area contributed by atoms with Crippen LogP contribution in [0.5, 0.6) is 0 Å². The first-order valence-corrected chi connectivity index (χ1v) is 15.0. The number of hydrogen-bond donors (Lipinski definition) is 0. The van der Waals surface area contributed by atoms with E-state index in [1.807, 2.05) is 67.6 Å². The lowest BCUT2D eigenvalue weighted by molar-refractivity contribution is 0.259. The average molecular weight is 570 g/mol. The highest BCUT2D eigenvalue weighted by atomic mass is 32.1. The van der Waals surface area contributed by atoms with Gasteiger partial charge in [-0.1, -0.05) is 98.9 Å². The standard InChI is InChI=1S/C28H28NO4PS3/c1-19(2)16-26-27(29-20(3)37-26)28-23(14-15-31-28)34(30,32-17-24(35)21-10-6-4-7-11-21)33-18-25(36)22-12-8-5-9-13-22/h4-15,19H,16-18H2,1-3H3. The van der Waals surface area contributed by atoms with Gasteiger partial charge in [0.2, 0.25) is 0 Å². The van der Waals surface area contributed by atoms with Crippen LogP contribution in [0.2, 0.25) is 0 Å². The van der Waals surface area contributed by atoms with Crippen LogP contribution in [-0.4, -0.2) is 27.9 Å². The first-order valence-electron chi connectivity index (χ1n) is 11.9. The van der Waals surface area contributed by atoms with Crippen molar-refractivity contribution in [3.63, 3.8) is 0 Å². The molecule has 0 saturated heterocycles. The summed E-state index contributed by atoms with van der Waals surface area (Å²) in [5.41, 5.74) is 2.32. The van der Waals surface area contributed by atoms with Gasteiger partial charge in [0.25, 0.3) is 0 Å². The normalized spacial score (nSPS) is 11.7. The lowest BCUT2D eigenvalue weighted by Gasteiger charge is -2.19. The molecule has 9 heteroatoms. The summed E-state index contributed by atoms with van der Waals surface area (Å²) < 4.78 is 32.3. The predicted octanol–water partition coefficient (Wildman–Crippen LogP) is 7.60. The molecule has 0 spiro atoms. The fourth-order valence-corrected chi connectivity index (χ4v) is 7.04. The number of furan rings is 1. The molecule has 5 nitrogen and oxygen atoms in total. The maximum atomic E-state index is 14.4. The highest BCUT2D eigenvalue weighted by Gasteiger charge is 2.36. The smallest absolute Gasteiger partial charge is 0.366 e. The van der Waals surface area contributed by atoms with Crippen molar-refractivity contribution in [3.05, 3.63) is 94.0 Å². The molecule has 0 radical (unpaired) electrons. The molecule has 0 aliphatic rings. The van der Waals surface area contributed by atoms with Crippen molar-refractivity contribution in [1.29, 1.82) is 0 Å². The molecule has 37 heavy (non-hydrogen) atoms. The van der Waals surface area contributed by atoms with Crippen molar-refractivity contribution < 1.29 is 18.0 Å². The molecule has 0 bridgehead atoms. The number of aromatic nitrogens is 1. The van der Waals surface area contributed by atoms with Crippen LogP contribution in [-0.2, 0) is 20.0 Å². The van der Waals surface area contributed by atoms with Gasteiger partial charge >= 0.3 is 7.60 Å². The van der Waals surface area contributed by atoms with Crippen molar-refractivity contribution in [2.75, 3.05) is 13.2 Å². The zero-order chi connectivity index (χ0) is 26.4. The Balaban J connectivity index is 1.66. The maximum absolute atomic E-state index is 14.4. The largest absolute Gasteiger partial charge is 0.462 e. The van der Waals surface area contributed by atoms with Crippen molar-refractivity contribution in [2.24, 2.45) is 5.92 Å². The van der Waals surface area contributed by atoms with Crippen LogP contribution in [0.25, 0.3) is 11.5 Å². The Labute approximate surface area is 232 Å². The summed E-state index contributed by atoms with van der Waals surface area (Å²) in [6.07, 6.45) is 2.31. The lowest BCUT2D eigenvalue weighted by Crippen LogP contribution is -2.18. The van der Waals surface area contributed by atoms with Gasteiger partial charge in [-0.15, -0.1) is 11.3 Å². The molecule has 0 unspecified atom stereocenters. The lowest BCUT2D eigenvalue weighted by atomic mass is 10.1. The van der Waals surface area contributed by atoms with Crippen LogP contribution in [0.1, 0.15) is 34.9 Å². The zero-order valence-electron chi connectivity index (χ0n) is 20.9. The van der Waals surface area contributed by atoms with Gasteiger partial charge in [-0.25, -0.2) is 4.98 Å². The number of benzene rings is 2. The molecular weight excluding hydrogens is 541 g/mol. The molecule has 0 aliphatic heterocycles. The summed E-state index contributed by atoms with van der Waals surface area (Å²) in [5, 5.41) is 1.22. The highest BCUT2D eigenvalue weighted by Crippen LogP contribution is 2.50. The Kier molecular flexibility index (Phi) is 9.35. The Hall–Kier alpha value is -2.32. The quantitative estimate of drug-likeness (QED) is 0.0989. The number of thiazole rings is 1. The average Bonchev–Trinajstić information content (AvgIpc) is 3.53. The number of rotatable bonds is 12. The number of thiocarbonyl (C=S) groups is 2. The summed E-state index contributed by atoms with van der Waals surface area (Å²) in [6.45, 7) is 6.12. The van der Waals surface area contributed by atoms with Crippen LogP contribution in [0.3, 0.4) is 0 Å². The predicted molar refractivity (Wildman–Crippen MR) is 159 cm³/mol. The molecule has 0 fully saturated rings. The van der Waals surface area contributed by atoms with Crippen molar-refractivity contribution in [3.8, 4) is 11.5 Å². The van der Waals surface area contributed by atoms with E-state index in [2.05, 4.69) is 13.8 Å². The molecule has 2 aromatic heterocycles. The van der Waals surface area contributed by atoms with Gasteiger partial charge in [0.15, 0.2) is 5.76 Å². The minimum absolute atomic E-state index is 0.0612. The second kappa shape index (κ2) is 12.5. The van der Waals surface area contributed by atoms with E-state index >= 15 is 0 Å². The van der Waals surface area contributed by atoms with Crippen molar-refractivity contribution >= 4 is 58.4 Å². The van der Waals surface area contributed by atoms with Gasteiger partial charge in [-0.2, -0.15) is 0 Å². The fraction of sp³-hybridized carbons (Fsp3) is 0.250. The molecule has 4 rings (SSSR count). The summed E-state index contributed by atoms with van der Waals surface area (Å²) in [7, 11) is -3.92. The van der Waals surface area contributed by atoms with E-state index in [-0.39, 0.29) is 13.2 Å². The van der Waals surface area contributed by atoms with Gasteiger partial charge in [0, 0.05) is 14.6 Å². The Morgan fingerprint density at radius 3 is 2.00 bits per heavy atom. The Morgan fingerprint density at radius 1 is 0.946 bits per heavy atom. The second-order valence-electron chi connectivity index (χ2n) is 8.86. The molecule has 0 saturated carbocycles. The van der Waals surface area contributed by atoms with Crippen LogP contribution < -0.4 is 5.30 Å². The molecular formula is C28H28NO4PS3. The molecule has 4 aromatic rings. The molecule has 0 atom stereocenters. The van der Waals surface area contributed by atoms with E-state index in [1.54, 1.807) is 17.4 Å². The highest BCUT2D eigenvalue weighted by molar-refractivity contribution is 7.81. The zero-order valence-corrected chi connectivity index (χ0v) is 24.2. The van der Waals surface area contributed by atoms with E-state index < -0.39 is 7.60 Å². The summed E-state index contributed by atoms with van der Waals surface area (Å²) in [5.74, 6) is 0.808. The van der Waals surface area contributed by atoms with Crippen LogP contribution in [0.15, 0.2) is 77.4 Å². The number of aryl methyl sites for hydroxylation is 1. The summed E-state index contributed by atoms with van der Waals surface area (Å²) >= 11 is 12.7. The van der Waals surface area contributed by atoms with Gasteiger partial charge in [0.1, 0.15) is 11.0 Å². The molecule has 0 amide bonds. The number of nitrogens with zero attached hydrogens (tertiary/aromatic N) is 1. The van der Waals surface area contributed by atoms with Crippen LogP contribution >= 0.6 is 43.4 Å². The topological polar surface area (TPSA) is 61.6 Å². The van der Waals surface area contributed by atoms with E-state index in [0.29, 0.717) is 32.4 Å². The van der Waals surface area contributed by atoms with Crippen LogP contribution in [0, 0.1) is 12.8 Å². The van der Waals surface area contributed by atoms with Crippen molar-refractivity contribution in [1.82, 2.24) is 4.98 Å². The third-order valence-corrected chi connectivity index (χ3v) is 9.06. The Bertz CT molecular complexity index is 1350. The first-order chi connectivity index (χ1) is 17.8. The fourth-order valence-electron chi connectivity index (χ4n) is 3.73. The summed E-state index contributed by atoms with van der Waals surface area (Å²) in [4.78, 5) is 6.81. The van der Waals surface area contributed by atoms with Gasteiger partial charge in [0.05, 0.1) is 24.5 Å². The van der Waals surface area contributed by atoms with E-state index in [0.717, 1.165) is 27.4 Å². The summed E-state index contributed by atoms with van der Waals surface area (Å²) in [6, 6.07) is 20.6. The first kappa shape index (κ1) is 27.7. The van der Waals surface area contributed by atoms with Crippen molar-refractivity contribution in [2.45, 2.75) is 27.2 Å². The monoisotopic (exact) mass is 569 g/mol. The van der Waals surface area contributed by atoms with Crippen LogP contribution in [0.4, 0.5) is 0 Å². The molecule has 0 N–H and O–H groups in total. The molecule has 2 heterocycles. The third-order valence-electron chi connectivity index (χ3n) is 5.48. The molecule has 2 aromatic carbocycles. The molecule has 192 valence electrons. The second-order valence-corrected chi connectivity index (χ2v) is 13.1.